The highest BCUT2D eigenvalue weighted by Crippen LogP contribution is 2.42. The second-order valence-corrected chi connectivity index (χ2v) is 17.4. The van der Waals surface area contributed by atoms with Crippen LogP contribution in [-0.4, -0.2) is 47.1 Å². The third-order valence-corrected chi connectivity index (χ3v) is 12.0. The van der Waals surface area contributed by atoms with Gasteiger partial charge in [0.1, 0.15) is 22.9 Å². The topological polar surface area (TPSA) is 225 Å². The molecule has 0 bridgehead atoms. The van der Waals surface area contributed by atoms with Gasteiger partial charge in [-0.1, -0.05) is 84.9 Å². The van der Waals surface area contributed by atoms with E-state index in [1.165, 1.54) is 0 Å². The first-order valence-electron chi connectivity index (χ1n) is 24.2. The summed E-state index contributed by atoms with van der Waals surface area (Å²) in [6.07, 6.45) is 0. The second kappa shape index (κ2) is 22.7. The summed E-state index contributed by atoms with van der Waals surface area (Å²) in [5, 5.41) is 55.0. The molecule has 16 nitrogen and oxygen atoms in total. The first-order chi connectivity index (χ1) is 36.8. The first kappa shape index (κ1) is 50.7. The molecule has 0 saturated carbocycles. The average molecular weight is 1010 g/mol. The fourth-order valence-corrected chi connectivity index (χ4v) is 8.51. The molecular weight excluding hydrogens is 961 g/mol. The van der Waals surface area contributed by atoms with Crippen LogP contribution in [0.1, 0.15) is 66.4 Å². The fraction of sp³-hybridized carbons (Fsp3) is 0.100. The Morgan fingerprint density at radius 3 is 1.26 bits per heavy atom. The Bertz CT molecular complexity index is 3750. The Balaban J connectivity index is 0.959. The molecule has 0 saturated heterocycles. The molecule has 0 fully saturated rings. The summed E-state index contributed by atoms with van der Waals surface area (Å²) in [4.78, 5) is 54.9. The van der Waals surface area contributed by atoms with E-state index in [0.29, 0.717) is 80.1 Å². The monoisotopic (exact) mass is 1010 g/mol. The third kappa shape index (κ3) is 11.5. The van der Waals surface area contributed by atoms with Gasteiger partial charge >= 0.3 is 0 Å². The largest absolute Gasteiger partial charge is 0.505 e. The summed E-state index contributed by atoms with van der Waals surface area (Å²) in [6.45, 7) is 7.82. The number of amides is 4. The van der Waals surface area contributed by atoms with E-state index < -0.39 is 23.3 Å². The highest BCUT2D eigenvalue weighted by atomic mass is 16.5. The standard InChI is InChI=1S/C60H50N8O8/c1-5-75-46-29-39(57(71)61-41-19-9-7-10-20-41)27-44(33-46)65-67-53-48-23-15-13-17-37(48)31-50(55(53)69)59(73)63-43-25-35(3)52(36(4)26-43)64-60(74)51-32-38-18-14-16-24-49(38)54(56(51)70)68-66-45-28-40(30-47(34-45)76-6-2)58(72)62-42-21-11-8-12-22-42/h7-34,69-70H,5-6H2,1-4H3,(H,61,71)(H,62,72)(H,63,73)(H,64,74). The lowest BCUT2D eigenvalue weighted by Gasteiger charge is -2.16. The molecule has 378 valence electrons. The summed E-state index contributed by atoms with van der Waals surface area (Å²) in [7, 11) is 0. The van der Waals surface area contributed by atoms with Gasteiger partial charge in [-0.2, -0.15) is 10.2 Å². The van der Waals surface area contributed by atoms with Crippen LogP contribution in [0.5, 0.6) is 23.0 Å². The number of fused-ring (bicyclic) bond motifs is 2. The van der Waals surface area contributed by atoms with Crippen LogP contribution < -0.4 is 30.7 Å². The fourth-order valence-electron chi connectivity index (χ4n) is 8.51. The van der Waals surface area contributed by atoms with Crippen LogP contribution in [0, 0.1) is 13.8 Å². The van der Waals surface area contributed by atoms with Crippen LogP contribution in [0.15, 0.2) is 190 Å². The first-order valence-corrected chi connectivity index (χ1v) is 24.2. The molecule has 0 heterocycles. The number of aromatic hydroxyl groups is 2. The van der Waals surface area contributed by atoms with Crippen molar-refractivity contribution in [1.82, 2.24) is 0 Å². The normalized spacial score (nSPS) is 11.2. The van der Waals surface area contributed by atoms with Crippen molar-refractivity contribution in [3.05, 3.63) is 203 Å². The maximum absolute atomic E-state index is 14.2. The van der Waals surface area contributed by atoms with E-state index in [1.807, 2.05) is 50.2 Å². The van der Waals surface area contributed by atoms with Crippen LogP contribution in [0.4, 0.5) is 45.5 Å². The van der Waals surface area contributed by atoms with Crippen LogP contribution >= 0.6 is 0 Å². The zero-order valence-electron chi connectivity index (χ0n) is 41.7. The van der Waals surface area contributed by atoms with Crippen molar-refractivity contribution in [2.75, 3.05) is 34.5 Å². The molecule has 9 aromatic rings. The predicted molar refractivity (Wildman–Crippen MR) is 295 cm³/mol. The van der Waals surface area contributed by atoms with E-state index >= 15 is 0 Å². The molecule has 0 atom stereocenters. The lowest BCUT2D eigenvalue weighted by molar-refractivity contribution is 0.101. The molecule has 0 spiro atoms. The van der Waals surface area contributed by atoms with E-state index in [-0.39, 0.29) is 56.8 Å². The minimum atomic E-state index is -0.646. The van der Waals surface area contributed by atoms with Gasteiger partial charge in [-0.05, 0) is 122 Å². The number of benzene rings is 9. The SMILES string of the molecule is CCOc1cc(N=Nc2c(O)c(C(=O)Nc3cc(C)c(NC(=O)c4cc5ccccc5c(N=Nc5cc(OCC)cc(C(=O)Nc6ccccc6)c5)c4O)c(C)c3)cc3ccccc23)cc(C(=O)Nc2ccccc2)c1. The number of hydrogen-bond acceptors (Lipinski definition) is 12. The van der Waals surface area contributed by atoms with Crippen LogP contribution in [0.3, 0.4) is 0 Å². The Morgan fingerprint density at radius 1 is 0.434 bits per heavy atom. The molecule has 76 heavy (non-hydrogen) atoms. The van der Waals surface area contributed by atoms with Crippen molar-refractivity contribution in [2.45, 2.75) is 27.7 Å². The average Bonchev–Trinajstić information content (AvgIpc) is 3.41. The maximum Gasteiger partial charge on any atom is 0.259 e. The highest BCUT2D eigenvalue weighted by Gasteiger charge is 2.23. The molecule has 6 N–H and O–H groups in total. The lowest BCUT2D eigenvalue weighted by Crippen LogP contribution is -2.16. The molecule has 0 aromatic heterocycles. The van der Waals surface area contributed by atoms with Crippen molar-refractivity contribution in [1.29, 1.82) is 0 Å². The van der Waals surface area contributed by atoms with E-state index in [2.05, 4.69) is 41.7 Å². The second-order valence-electron chi connectivity index (χ2n) is 17.4. The summed E-state index contributed by atoms with van der Waals surface area (Å²) in [5.74, 6) is -2.14. The van der Waals surface area contributed by atoms with Crippen molar-refractivity contribution < 1.29 is 38.9 Å². The Labute approximate surface area is 436 Å². The molecule has 4 amide bonds. The molecule has 0 unspecified atom stereocenters. The molecule has 9 aromatic carbocycles. The Kier molecular flexibility index (Phi) is 15.1. The molecule has 9 rings (SSSR count). The van der Waals surface area contributed by atoms with Gasteiger partial charge in [-0.3, -0.25) is 19.2 Å². The number of nitrogens with zero attached hydrogens (tertiary/aromatic N) is 4. The van der Waals surface area contributed by atoms with Crippen molar-refractivity contribution in [2.24, 2.45) is 20.5 Å². The van der Waals surface area contributed by atoms with Gasteiger partial charge in [0.15, 0.2) is 11.5 Å². The molecule has 0 aliphatic heterocycles. The number of hydrogen-bond donors (Lipinski definition) is 6. The zero-order valence-corrected chi connectivity index (χ0v) is 41.7. The third-order valence-electron chi connectivity index (χ3n) is 12.0. The summed E-state index contributed by atoms with van der Waals surface area (Å²) in [6, 6.07) is 48.2. The summed E-state index contributed by atoms with van der Waals surface area (Å²) in [5.41, 5.74) is 4.14. The molecule has 0 radical (unpaired) electrons. The van der Waals surface area contributed by atoms with E-state index in [0.717, 1.165) is 0 Å². The number of rotatable bonds is 16. The number of ether oxygens (including phenoxy) is 2. The van der Waals surface area contributed by atoms with Gasteiger partial charge in [0.2, 0.25) is 0 Å². The van der Waals surface area contributed by atoms with E-state index in [4.69, 9.17) is 9.47 Å². The Morgan fingerprint density at radius 2 is 0.829 bits per heavy atom. The van der Waals surface area contributed by atoms with Gasteiger partial charge in [0.25, 0.3) is 23.6 Å². The van der Waals surface area contributed by atoms with Gasteiger partial charge in [0.05, 0.1) is 35.7 Å². The quantitative estimate of drug-likeness (QED) is 0.0509. The van der Waals surface area contributed by atoms with E-state index in [9.17, 15) is 29.4 Å². The number of phenols is 2. The van der Waals surface area contributed by atoms with Crippen LogP contribution in [-0.2, 0) is 0 Å². The molecule has 16 heteroatoms. The minimum Gasteiger partial charge on any atom is -0.505 e. The number of para-hydroxylation sites is 2. The van der Waals surface area contributed by atoms with Gasteiger partial charge in [0, 0.05) is 56.8 Å². The number of anilines is 4. The summed E-state index contributed by atoms with van der Waals surface area (Å²) < 4.78 is 11.5. The number of azo groups is 2. The Hall–Kier alpha value is -10.2. The van der Waals surface area contributed by atoms with Crippen molar-refractivity contribution in [3.63, 3.8) is 0 Å². The van der Waals surface area contributed by atoms with Gasteiger partial charge in [-0.15, -0.1) is 10.2 Å². The van der Waals surface area contributed by atoms with Crippen LogP contribution in [0.25, 0.3) is 21.5 Å². The number of aryl methyl sites for hydroxylation is 2. The molecule has 0 aliphatic rings. The van der Waals surface area contributed by atoms with Gasteiger partial charge in [-0.25, -0.2) is 0 Å². The van der Waals surface area contributed by atoms with E-state index in [1.54, 1.807) is 147 Å². The highest BCUT2D eigenvalue weighted by molar-refractivity contribution is 6.14. The maximum atomic E-state index is 14.2. The number of carbonyl (C=O) groups is 4. The van der Waals surface area contributed by atoms with Crippen molar-refractivity contribution >= 4 is 90.7 Å². The number of carbonyl (C=O) groups excluding carboxylic acids is 4. The smallest absolute Gasteiger partial charge is 0.259 e. The summed E-state index contributed by atoms with van der Waals surface area (Å²) >= 11 is 0. The van der Waals surface area contributed by atoms with Crippen molar-refractivity contribution in [3.8, 4) is 23.0 Å². The molecule has 0 aliphatic carbocycles. The minimum absolute atomic E-state index is 0.0285. The van der Waals surface area contributed by atoms with Gasteiger partial charge < -0.3 is 41.0 Å². The van der Waals surface area contributed by atoms with Crippen LogP contribution in [0.2, 0.25) is 0 Å². The number of phenolic OH excluding ortho intramolecular Hbond substituents is 2. The predicted octanol–water partition coefficient (Wildman–Crippen LogP) is 14.7. The lowest BCUT2D eigenvalue weighted by atomic mass is 10.0. The number of nitrogens with one attached hydrogen (secondary N) is 4. The molecular formula is C60H50N8O8. The zero-order chi connectivity index (χ0) is 53.3.